The SMILES string of the molecule is CC#CCn1c(N2CCC[C@@H](N)C2)nc2c1c(=O)n(Cc1c[n+](=O)c3ccccc3n1[O-])c(=O)n2C. The molecule has 36 heavy (non-hydrogen) atoms. The minimum atomic E-state index is -0.647. The molecule has 3 aromatic heterocycles. The molecule has 1 saturated heterocycles. The minimum Gasteiger partial charge on any atom is -0.805 e. The zero-order chi connectivity index (χ0) is 25.6. The number of fused-ring (bicyclic) bond motifs is 2. The summed E-state index contributed by atoms with van der Waals surface area (Å²) in [6.45, 7) is 2.80. The van der Waals surface area contributed by atoms with Gasteiger partial charge in [0.05, 0.1) is 17.5 Å². The molecule has 5 rings (SSSR count). The van der Waals surface area contributed by atoms with Gasteiger partial charge in [-0.05, 0) is 25.8 Å². The van der Waals surface area contributed by atoms with Crippen LogP contribution in [0.1, 0.15) is 25.5 Å². The van der Waals surface area contributed by atoms with Crippen LogP contribution in [-0.4, -0.2) is 42.5 Å². The van der Waals surface area contributed by atoms with Crippen LogP contribution in [0.25, 0.3) is 22.2 Å². The van der Waals surface area contributed by atoms with Gasteiger partial charge in [-0.15, -0.1) is 5.92 Å². The molecule has 0 bridgehead atoms. The number of hydrogen-bond acceptors (Lipinski definition) is 7. The maximum atomic E-state index is 13.7. The predicted molar refractivity (Wildman–Crippen MR) is 135 cm³/mol. The summed E-state index contributed by atoms with van der Waals surface area (Å²) in [6, 6.07) is 6.30. The Balaban J connectivity index is 1.72. The highest BCUT2D eigenvalue weighted by atomic mass is 16.5. The third-order valence-electron chi connectivity index (χ3n) is 6.55. The molecule has 4 aromatic rings. The number of benzene rings is 1. The summed E-state index contributed by atoms with van der Waals surface area (Å²) in [5.41, 5.74) is 5.63. The number of nitrogens with two attached hydrogens (primary N) is 1. The maximum Gasteiger partial charge on any atom is 0.332 e. The summed E-state index contributed by atoms with van der Waals surface area (Å²) in [5, 5.41) is 13.0. The molecule has 1 aromatic carbocycles. The highest BCUT2D eigenvalue weighted by molar-refractivity contribution is 5.75. The Hall–Kier alpha value is -4.37. The van der Waals surface area contributed by atoms with Gasteiger partial charge >= 0.3 is 5.69 Å². The summed E-state index contributed by atoms with van der Waals surface area (Å²) in [4.78, 5) is 46.1. The van der Waals surface area contributed by atoms with Gasteiger partial charge < -0.3 is 20.6 Å². The van der Waals surface area contributed by atoms with Gasteiger partial charge in [-0.25, -0.2) is 4.79 Å². The molecule has 0 aliphatic carbocycles. The molecule has 2 N–H and O–H groups in total. The number of hydrogen-bond donors (Lipinski definition) is 1. The van der Waals surface area contributed by atoms with Crippen LogP contribution in [0.4, 0.5) is 5.95 Å². The largest absolute Gasteiger partial charge is 0.805 e. The lowest BCUT2D eigenvalue weighted by atomic mass is 10.1. The predicted octanol–water partition coefficient (Wildman–Crippen LogP) is 0.111. The quantitative estimate of drug-likeness (QED) is 0.316. The molecule has 0 unspecified atom stereocenters. The third kappa shape index (κ3) is 3.74. The van der Waals surface area contributed by atoms with E-state index < -0.39 is 11.2 Å². The van der Waals surface area contributed by atoms with E-state index in [9.17, 15) is 19.7 Å². The maximum absolute atomic E-state index is 13.7. The van der Waals surface area contributed by atoms with Crippen LogP contribution in [0.5, 0.6) is 0 Å². The van der Waals surface area contributed by atoms with Crippen LogP contribution in [0, 0.1) is 22.0 Å². The third-order valence-corrected chi connectivity index (χ3v) is 6.55. The average molecular weight is 491 g/mol. The Bertz CT molecular complexity index is 1730. The van der Waals surface area contributed by atoms with E-state index in [0.717, 1.165) is 30.2 Å². The normalized spacial score (nSPS) is 15.9. The molecule has 1 aliphatic heterocycles. The van der Waals surface area contributed by atoms with Crippen molar-refractivity contribution < 1.29 is 4.43 Å². The monoisotopic (exact) mass is 490 g/mol. The molecule has 1 fully saturated rings. The second-order valence-electron chi connectivity index (χ2n) is 8.91. The average Bonchev–Trinajstić information content (AvgIpc) is 3.26. The van der Waals surface area contributed by atoms with Gasteiger partial charge in [0.15, 0.2) is 11.2 Å². The molecule has 1 atom stereocenters. The number of aryl methyl sites for hydroxylation is 1. The van der Waals surface area contributed by atoms with Gasteiger partial charge in [-0.2, -0.15) is 4.98 Å². The van der Waals surface area contributed by atoms with Crippen LogP contribution in [-0.2, 0) is 20.1 Å². The van der Waals surface area contributed by atoms with Crippen molar-refractivity contribution >= 4 is 28.1 Å². The smallest absolute Gasteiger partial charge is 0.332 e. The van der Waals surface area contributed by atoms with E-state index in [1.165, 1.54) is 23.7 Å². The molecule has 4 heterocycles. The van der Waals surface area contributed by atoms with Crippen molar-refractivity contribution in [3.63, 3.8) is 0 Å². The number of anilines is 1. The summed E-state index contributed by atoms with van der Waals surface area (Å²) >= 11 is 0. The standard InChI is InChI=1S/C24H26N8O4/c1-3-4-12-29-20-21(26-23(29)28-11-7-8-16(25)13-28)27(2)24(34)30(22(20)33)14-17-15-31(35)18-9-5-6-10-19(18)32(17)36/h5-6,9-10,15-16H,7-8,11-14,25H2,1-2H3/t16-/m1/s1. The lowest BCUT2D eigenvalue weighted by Crippen LogP contribution is -2.44. The fourth-order valence-corrected chi connectivity index (χ4v) is 4.74. The van der Waals surface area contributed by atoms with Crippen molar-refractivity contribution in [1.29, 1.82) is 0 Å². The molecule has 0 saturated carbocycles. The Morgan fingerprint density at radius 1 is 1.25 bits per heavy atom. The fraction of sp³-hybridized carbons (Fsp3) is 0.375. The van der Waals surface area contributed by atoms with Gasteiger partial charge in [0.2, 0.25) is 12.1 Å². The second-order valence-corrected chi connectivity index (χ2v) is 8.91. The van der Waals surface area contributed by atoms with Crippen molar-refractivity contribution in [2.75, 3.05) is 18.0 Å². The van der Waals surface area contributed by atoms with Crippen LogP contribution >= 0.6 is 0 Å². The molecule has 12 nitrogen and oxygen atoms in total. The summed E-state index contributed by atoms with van der Waals surface area (Å²) < 4.78 is 5.05. The van der Waals surface area contributed by atoms with Crippen molar-refractivity contribution in [2.24, 2.45) is 12.8 Å². The van der Waals surface area contributed by atoms with Gasteiger partial charge in [0, 0.05) is 37.2 Å². The number of piperidine rings is 1. The lowest BCUT2D eigenvalue weighted by Gasteiger charge is -2.31. The Morgan fingerprint density at radius 3 is 2.78 bits per heavy atom. The first kappa shape index (κ1) is 23.4. The molecule has 0 radical (unpaired) electrons. The van der Waals surface area contributed by atoms with Gasteiger partial charge in [0.25, 0.3) is 11.1 Å². The van der Waals surface area contributed by atoms with Gasteiger partial charge in [0.1, 0.15) is 11.2 Å². The molecular weight excluding hydrogens is 464 g/mol. The fourth-order valence-electron chi connectivity index (χ4n) is 4.74. The van der Waals surface area contributed by atoms with E-state index >= 15 is 0 Å². The zero-order valence-electron chi connectivity index (χ0n) is 20.0. The molecule has 0 spiro atoms. The number of para-hydroxylation sites is 2. The first-order chi connectivity index (χ1) is 17.3. The van der Waals surface area contributed by atoms with E-state index in [4.69, 9.17) is 5.73 Å². The highest BCUT2D eigenvalue weighted by Gasteiger charge is 2.26. The van der Waals surface area contributed by atoms with Gasteiger partial charge in [-0.3, -0.25) is 18.5 Å². The summed E-state index contributed by atoms with van der Waals surface area (Å²) in [6.07, 6.45) is 2.87. The van der Waals surface area contributed by atoms with E-state index in [0.29, 0.717) is 21.7 Å². The van der Waals surface area contributed by atoms with Crippen molar-refractivity contribution in [3.8, 4) is 11.8 Å². The van der Waals surface area contributed by atoms with E-state index in [1.54, 1.807) is 23.6 Å². The Kier molecular flexibility index (Phi) is 5.85. The van der Waals surface area contributed by atoms with Crippen LogP contribution in [0.2, 0.25) is 0 Å². The lowest BCUT2D eigenvalue weighted by molar-refractivity contribution is -0.465. The first-order valence-electron chi connectivity index (χ1n) is 11.6. The summed E-state index contributed by atoms with van der Waals surface area (Å²) in [5.74, 6) is 6.34. The zero-order valence-corrected chi connectivity index (χ0v) is 20.0. The van der Waals surface area contributed by atoms with Crippen molar-refractivity contribution in [1.82, 2.24) is 23.4 Å². The molecular formula is C24H26N8O4. The summed E-state index contributed by atoms with van der Waals surface area (Å²) in [7, 11) is 1.52. The van der Waals surface area contributed by atoms with Crippen LogP contribution in [0.3, 0.4) is 0 Å². The highest BCUT2D eigenvalue weighted by Crippen LogP contribution is 2.23. The van der Waals surface area contributed by atoms with E-state index in [-0.39, 0.29) is 47.0 Å². The van der Waals surface area contributed by atoms with E-state index in [2.05, 4.69) is 16.8 Å². The first-order valence-corrected chi connectivity index (χ1v) is 11.6. The Morgan fingerprint density at radius 2 is 2.03 bits per heavy atom. The molecule has 1 aliphatic rings. The number of imidazole rings is 1. The topological polar surface area (TPSA) is 142 Å². The molecule has 186 valence electrons. The Labute approximate surface area is 205 Å². The number of nitrogens with zero attached hydrogens (tertiary/aromatic N) is 7. The molecule has 12 heteroatoms. The van der Waals surface area contributed by atoms with Crippen LogP contribution < -0.4 is 26.3 Å². The van der Waals surface area contributed by atoms with Crippen LogP contribution in [0.15, 0.2) is 40.1 Å². The van der Waals surface area contributed by atoms with Crippen molar-refractivity contribution in [2.45, 2.75) is 38.9 Å². The molecule has 0 amide bonds. The van der Waals surface area contributed by atoms with Gasteiger partial charge in [-0.1, -0.05) is 18.1 Å². The van der Waals surface area contributed by atoms with E-state index in [1.807, 2.05) is 4.90 Å². The number of aromatic nitrogens is 6. The van der Waals surface area contributed by atoms with Crippen molar-refractivity contribution in [3.05, 3.63) is 67.1 Å². The number of rotatable bonds is 4. The second kappa shape index (κ2) is 9.01. The minimum absolute atomic E-state index is 0.0241.